The molecule has 0 radical (unpaired) electrons. The number of hydrogen-bond donors (Lipinski definition) is 2. The number of aromatic nitrogens is 3. The van der Waals surface area contributed by atoms with Crippen molar-refractivity contribution in [2.75, 3.05) is 0 Å². The van der Waals surface area contributed by atoms with E-state index in [1.807, 2.05) is 0 Å². The zero-order valence-corrected chi connectivity index (χ0v) is 21.5. The Labute approximate surface area is 226 Å². The van der Waals surface area contributed by atoms with Crippen LogP contribution in [0.3, 0.4) is 0 Å². The number of nitrogens with zero attached hydrogens (tertiary/aromatic N) is 3. The van der Waals surface area contributed by atoms with Crippen molar-refractivity contribution in [3.8, 4) is 22.6 Å². The fraction of sp³-hybridized carbons (Fsp3) is 0.222. The highest BCUT2D eigenvalue weighted by Gasteiger charge is 2.29. The molecule has 1 aliphatic rings. The quantitative estimate of drug-likeness (QED) is 0.265. The summed E-state index contributed by atoms with van der Waals surface area (Å²) in [4.78, 5) is 19.0. The first-order valence-corrected chi connectivity index (χ1v) is 13.7. The molecule has 3 N–H and O–H groups in total. The fourth-order valence-corrected chi connectivity index (χ4v) is 5.09. The highest BCUT2D eigenvalue weighted by molar-refractivity contribution is 7.89. The van der Waals surface area contributed by atoms with E-state index in [1.165, 1.54) is 30.3 Å². The van der Waals surface area contributed by atoms with Gasteiger partial charge >= 0.3 is 5.97 Å². The van der Waals surface area contributed by atoms with Crippen LogP contribution in [0, 0.1) is 17.6 Å². The molecule has 0 saturated heterocycles. The molecule has 0 bridgehead atoms. The lowest BCUT2D eigenvalue weighted by Gasteiger charge is -2.16. The molecule has 208 valence electrons. The van der Waals surface area contributed by atoms with E-state index < -0.39 is 50.3 Å². The van der Waals surface area contributed by atoms with Crippen molar-refractivity contribution in [3.63, 3.8) is 0 Å². The number of nitrogens with two attached hydrogens (primary N) is 1. The minimum absolute atomic E-state index is 0.0108. The van der Waals surface area contributed by atoms with Gasteiger partial charge in [-0.15, -0.1) is 0 Å². The fourth-order valence-electron chi connectivity index (χ4n) is 4.50. The molecule has 1 fully saturated rings. The molecule has 1 saturated carbocycles. The molecular weight excluding hydrogens is 552 g/mol. The predicted molar refractivity (Wildman–Crippen MR) is 136 cm³/mol. The van der Waals surface area contributed by atoms with Crippen molar-refractivity contribution in [1.29, 1.82) is 0 Å². The number of halogens is 4. The van der Waals surface area contributed by atoms with Crippen LogP contribution in [0.25, 0.3) is 22.6 Å². The van der Waals surface area contributed by atoms with Crippen molar-refractivity contribution < 1.29 is 35.9 Å². The van der Waals surface area contributed by atoms with Crippen molar-refractivity contribution >= 4 is 16.0 Å². The van der Waals surface area contributed by atoms with E-state index in [-0.39, 0.29) is 18.3 Å². The Morgan fingerprint density at radius 2 is 1.75 bits per heavy atom. The normalized spacial score (nSPS) is 13.7. The number of rotatable bonds is 9. The van der Waals surface area contributed by atoms with Crippen molar-refractivity contribution in [2.24, 2.45) is 11.1 Å². The summed E-state index contributed by atoms with van der Waals surface area (Å²) < 4.78 is 80.8. The predicted octanol–water partition coefficient (Wildman–Crippen LogP) is 5.17. The van der Waals surface area contributed by atoms with Gasteiger partial charge in [0.1, 0.15) is 22.2 Å². The van der Waals surface area contributed by atoms with Crippen LogP contribution in [0.4, 0.5) is 17.6 Å². The largest absolute Gasteiger partial charge is 0.477 e. The summed E-state index contributed by atoms with van der Waals surface area (Å²) in [5.41, 5.74) is 0.921. The van der Waals surface area contributed by atoms with Crippen molar-refractivity contribution in [2.45, 2.75) is 37.1 Å². The van der Waals surface area contributed by atoms with Gasteiger partial charge in [-0.2, -0.15) is 0 Å². The van der Waals surface area contributed by atoms with Crippen LogP contribution < -0.4 is 5.14 Å². The molecule has 0 spiro atoms. The van der Waals surface area contributed by atoms with Gasteiger partial charge in [-0.1, -0.05) is 6.07 Å². The number of hydrogen-bond acceptors (Lipinski definition) is 5. The molecule has 0 aliphatic heterocycles. The van der Waals surface area contributed by atoms with Gasteiger partial charge < -0.3 is 9.67 Å². The number of carbonyl (C=O) groups is 1. The number of carboxylic acid groups (broad SMARTS) is 1. The summed E-state index contributed by atoms with van der Waals surface area (Å²) >= 11 is 0. The zero-order chi connectivity index (χ0) is 28.8. The van der Waals surface area contributed by atoms with E-state index in [0.29, 0.717) is 40.6 Å². The summed E-state index contributed by atoms with van der Waals surface area (Å²) in [6, 6.07) is 11.3. The van der Waals surface area contributed by atoms with Gasteiger partial charge in [-0.25, -0.2) is 45.9 Å². The molecule has 0 amide bonds. The molecule has 13 heteroatoms. The molecule has 2 aromatic carbocycles. The van der Waals surface area contributed by atoms with E-state index >= 15 is 0 Å². The maximum absolute atomic E-state index is 14.7. The molecule has 5 rings (SSSR count). The lowest BCUT2D eigenvalue weighted by Crippen LogP contribution is -2.15. The number of primary sulfonamides is 1. The molecule has 1 aliphatic carbocycles. The Bertz CT molecular complexity index is 1720. The Morgan fingerprint density at radius 1 is 1.05 bits per heavy atom. The van der Waals surface area contributed by atoms with Crippen LogP contribution in [-0.2, 0) is 23.0 Å². The first kappa shape index (κ1) is 27.5. The first-order chi connectivity index (χ1) is 18.9. The average Bonchev–Trinajstić information content (AvgIpc) is 3.64. The van der Waals surface area contributed by atoms with Crippen LogP contribution in [-0.4, -0.2) is 34.0 Å². The third kappa shape index (κ3) is 5.75. The second-order valence-corrected chi connectivity index (χ2v) is 11.1. The highest BCUT2D eigenvalue weighted by atomic mass is 32.2. The van der Waals surface area contributed by atoms with Gasteiger partial charge in [0.25, 0.3) is 6.43 Å². The lowest BCUT2D eigenvalue weighted by atomic mass is 10.1. The van der Waals surface area contributed by atoms with E-state index in [1.54, 1.807) is 10.6 Å². The number of carboxylic acids is 1. The molecule has 40 heavy (non-hydrogen) atoms. The van der Waals surface area contributed by atoms with Crippen molar-refractivity contribution in [1.82, 2.24) is 14.5 Å². The molecule has 0 atom stereocenters. The van der Waals surface area contributed by atoms with Gasteiger partial charge in [-0.3, -0.25) is 0 Å². The Balaban J connectivity index is 1.73. The second kappa shape index (κ2) is 10.5. The van der Waals surface area contributed by atoms with Crippen molar-refractivity contribution in [3.05, 3.63) is 88.9 Å². The molecular formula is C27H22F4N4O4S. The molecule has 0 unspecified atom stereocenters. The molecule has 2 aromatic heterocycles. The summed E-state index contributed by atoms with van der Waals surface area (Å²) in [5, 5.41) is 14.6. The van der Waals surface area contributed by atoms with Crippen LogP contribution in [0.2, 0.25) is 0 Å². The summed E-state index contributed by atoms with van der Waals surface area (Å²) in [7, 11) is -4.29. The topological polar surface area (TPSA) is 128 Å². The van der Waals surface area contributed by atoms with E-state index in [4.69, 9.17) is 5.14 Å². The zero-order valence-electron chi connectivity index (χ0n) is 20.7. The van der Waals surface area contributed by atoms with Gasteiger partial charge in [-0.05, 0) is 84.8 Å². The average molecular weight is 575 g/mol. The summed E-state index contributed by atoms with van der Waals surface area (Å²) in [6.45, 7) is 0.0108. The number of sulfonamides is 1. The Kier molecular flexibility index (Phi) is 7.19. The molecule has 4 aromatic rings. The van der Waals surface area contributed by atoms with Crippen LogP contribution in [0.5, 0.6) is 0 Å². The standard InChI is InChI=1S/C27H22F4N4O4S/c28-17-6-4-16(5-7-17)22-11-18(26-33-20(25(30)31)12-21(34-26)27(36)37)23(10-14-1-2-14)35(22)13-15-3-8-24(19(29)9-15)40(32,38)39/h3-9,11-12,14,25H,1-2,10,13H2,(H,36,37)(H2,32,38,39). The third-order valence-electron chi connectivity index (χ3n) is 6.60. The van der Waals surface area contributed by atoms with Crippen LogP contribution in [0.1, 0.15) is 46.7 Å². The van der Waals surface area contributed by atoms with E-state index in [0.717, 1.165) is 25.0 Å². The van der Waals surface area contributed by atoms with Gasteiger partial charge in [0.2, 0.25) is 10.0 Å². The second-order valence-electron chi connectivity index (χ2n) is 9.55. The highest BCUT2D eigenvalue weighted by Crippen LogP contribution is 2.39. The Hall–Kier alpha value is -4.10. The minimum Gasteiger partial charge on any atom is -0.477 e. The summed E-state index contributed by atoms with van der Waals surface area (Å²) in [6.07, 6.45) is -0.775. The van der Waals surface area contributed by atoms with Crippen LogP contribution >= 0.6 is 0 Å². The first-order valence-electron chi connectivity index (χ1n) is 12.1. The molecule has 2 heterocycles. The molecule has 8 nitrogen and oxygen atoms in total. The van der Waals surface area contributed by atoms with Gasteiger partial charge in [0.15, 0.2) is 11.5 Å². The van der Waals surface area contributed by atoms with E-state index in [2.05, 4.69) is 9.97 Å². The smallest absolute Gasteiger partial charge is 0.354 e. The van der Waals surface area contributed by atoms with Gasteiger partial charge in [0, 0.05) is 23.5 Å². The van der Waals surface area contributed by atoms with Crippen LogP contribution in [0.15, 0.2) is 59.5 Å². The number of benzene rings is 2. The Morgan fingerprint density at radius 3 is 2.33 bits per heavy atom. The van der Waals surface area contributed by atoms with E-state index in [9.17, 15) is 35.9 Å². The third-order valence-corrected chi connectivity index (χ3v) is 7.54. The monoisotopic (exact) mass is 574 g/mol. The van der Waals surface area contributed by atoms with Gasteiger partial charge in [0.05, 0.1) is 0 Å². The SMILES string of the molecule is NS(=O)(=O)c1ccc(Cn2c(-c3ccc(F)cc3)cc(-c3nc(C(=O)O)cc(C(F)F)n3)c2CC2CC2)cc1F. The number of alkyl halides is 2. The summed E-state index contributed by atoms with van der Waals surface area (Å²) in [5.74, 6) is -2.99. The maximum atomic E-state index is 14.7. The minimum atomic E-state index is -4.29. The number of aromatic carboxylic acids is 1. The maximum Gasteiger partial charge on any atom is 0.354 e. The lowest BCUT2D eigenvalue weighted by molar-refractivity contribution is 0.0689.